The highest BCUT2D eigenvalue weighted by Gasteiger charge is 2.13. The van der Waals surface area contributed by atoms with Crippen LogP contribution in [0.3, 0.4) is 0 Å². The lowest BCUT2D eigenvalue weighted by molar-refractivity contribution is -0.132. The molecule has 3 aromatic rings. The Labute approximate surface area is 175 Å². The van der Waals surface area contributed by atoms with Gasteiger partial charge in [-0.2, -0.15) is 5.10 Å². The SMILES string of the molecule is CN(CCCc1cc(-c2cccc(F)c2)n[nH]1)C(=O)COc1ccc2c(c1)CCC2. The highest BCUT2D eigenvalue weighted by Crippen LogP contribution is 2.26. The van der Waals surface area contributed by atoms with Gasteiger partial charge < -0.3 is 9.64 Å². The van der Waals surface area contributed by atoms with Gasteiger partial charge in [-0.3, -0.25) is 9.89 Å². The third-order valence-corrected chi connectivity index (χ3v) is 5.55. The number of aryl methyl sites for hydroxylation is 3. The van der Waals surface area contributed by atoms with Crippen LogP contribution in [-0.4, -0.2) is 41.2 Å². The van der Waals surface area contributed by atoms with Gasteiger partial charge in [0.25, 0.3) is 5.91 Å². The van der Waals surface area contributed by atoms with Crippen LogP contribution in [0.5, 0.6) is 5.75 Å². The number of hydrogen-bond donors (Lipinski definition) is 1. The molecule has 0 saturated heterocycles. The molecule has 1 aromatic heterocycles. The maximum atomic E-state index is 13.4. The number of benzene rings is 2. The second kappa shape index (κ2) is 9.11. The first kappa shape index (κ1) is 20.1. The third kappa shape index (κ3) is 4.87. The Kier molecular flexibility index (Phi) is 6.12. The highest BCUT2D eigenvalue weighted by atomic mass is 19.1. The quantitative estimate of drug-likeness (QED) is 0.610. The minimum absolute atomic E-state index is 0.0411. The van der Waals surface area contributed by atoms with E-state index in [9.17, 15) is 9.18 Å². The van der Waals surface area contributed by atoms with Gasteiger partial charge in [0.1, 0.15) is 11.6 Å². The number of hydrogen-bond acceptors (Lipinski definition) is 3. The Balaban J connectivity index is 1.22. The maximum absolute atomic E-state index is 13.4. The molecule has 5 nitrogen and oxygen atoms in total. The minimum Gasteiger partial charge on any atom is -0.484 e. The van der Waals surface area contributed by atoms with Crippen molar-refractivity contribution in [3.05, 3.63) is 71.2 Å². The van der Waals surface area contributed by atoms with Gasteiger partial charge in [-0.25, -0.2) is 4.39 Å². The molecule has 0 saturated carbocycles. The number of fused-ring (bicyclic) bond motifs is 1. The van der Waals surface area contributed by atoms with Crippen LogP contribution in [-0.2, 0) is 24.1 Å². The van der Waals surface area contributed by atoms with Gasteiger partial charge in [0.15, 0.2) is 6.61 Å². The van der Waals surface area contributed by atoms with Crippen molar-refractivity contribution in [3.8, 4) is 17.0 Å². The van der Waals surface area contributed by atoms with E-state index in [0.29, 0.717) is 6.54 Å². The van der Waals surface area contributed by atoms with Crippen LogP contribution in [0.25, 0.3) is 11.3 Å². The number of halogens is 1. The summed E-state index contributed by atoms with van der Waals surface area (Å²) < 4.78 is 19.1. The van der Waals surface area contributed by atoms with Crippen LogP contribution in [0.1, 0.15) is 29.7 Å². The molecular weight excluding hydrogens is 381 g/mol. The molecule has 0 unspecified atom stereocenters. The van der Waals surface area contributed by atoms with E-state index in [2.05, 4.69) is 22.3 Å². The second-order valence-corrected chi connectivity index (χ2v) is 7.78. The van der Waals surface area contributed by atoms with Crippen LogP contribution in [0.15, 0.2) is 48.5 Å². The van der Waals surface area contributed by atoms with Crippen molar-refractivity contribution in [1.82, 2.24) is 15.1 Å². The van der Waals surface area contributed by atoms with Gasteiger partial charge in [0.2, 0.25) is 0 Å². The van der Waals surface area contributed by atoms with Crippen molar-refractivity contribution in [1.29, 1.82) is 0 Å². The first-order valence-electron chi connectivity index (χ1n) is 10.4. The molecule has 1 amide bonds. The van der Waals surface area contributed by atoms with Crippen LogP contribution >= 0.6 is 0 Å². The van der Waals surface area contributed by atoms with E-state index in [1.807, 2.05) is 18.2 Å². The summed E-state index contributed by atoms with van der Waals surface area (Å²) in [5.41, 5.74) is 5.16. The average Bonchev–Trinajstić information content (AvgIpc) is 3.41. The molecule has 1 N–H and O–H groups in total. The maximum Gasteiger partial charge on any atom is 0.260 e. The largest absolute Gasteiger partial charge is 0.484 e. The number of H-pyrrole nitrogens is 1. The van der Waals surface area contributed by atoms with E-state index in [1.165, 1.54) is 29.7 Å². The number of nitrogens with zero attached hydrogens (tertiary/aromatic N) is 2. The van der Waals surface area contributed by atoms with E-state index >= 15 is 0 Å². The van der Waals surface area contributed by atoms with Crippen LogP contribution in [0, 0.1) is 5.82 Å². The van der Waals surface area contributed by atoms with Crippen molar-refractivity contribution in [2.24, 2.45) is 0 Å². The van der Waals surface area contributed by atoms with Gasteiger partial charge in [0, 0.05) is 24.8 Å². The Bertz CT molecular complexity index is 1030. The normalized spacial score (nSPS) is 12.6. The Morgan fingerprint density at radius 1 is 1.17 bits per heavy atom. The van der Waals surface area contributed by atoms with E-state index < -0.39 is 0 Å². The van der Waals surface area contributed by atoms with E-state index in [1.54, 1.807) is 18.0 Å². The summed E-state index contributed by atoms with van der Waals surface area (Å²) in [5, 5.41) is 7.25. The standard InChI is InChI=1S/C24H26FN3O2/c1-28(24(29)16-30-22-11-10-17-5-2-6-18(17)14-22)12-4-9-21-15-23(27-26-21)19-7-3-8-20(25)13-19/h3,7-8,10-11,13-15H,2,4-6,9,12,16H2,1H3,(H,26,27). The lowest BCUT2D eigenvalue weighted by Gasteiger charge is -2.17. The Morgan fingerprint density at radius 3 is 2.90 bits per heavy atom. The zero-order valence-electron chi connectivity index (χ0n) is 17.2. The molecule has 2 aromatic carbocycles. The number of ether oxygens (including phenoxy) is 1. The third-order valence-electron chi connectivity index (χ3n) is 5.55. The number of carbonyl (C=O) groups excluding carboxylic acids is 1. The molecule has 4 rings (SSSR count). The summed E-state index contributed by atoms with van der Waals surface area (Å²) in [4.78, 5) is 14.1. The predicted octanol–water partition coefficient (Wildman–Crippen LogP) is 4.17. The van der Waals surface area contributed by atoms with Crippen molar-refractivity contribution in [2.75, 3.05) is 20.2 Å². The topological polar surface area (TPSA) is 58.2 Å². The molecule has 0 aliphatic heterocycles. The zero-order chi connectivity index (χ0) is 20.9. The summed E-state index contributed by atoms with van der Waals surface area (Å²) in [7, 11) is 1.79. The molecule has 0 atom stereocenters. The van der Waals surface area contributed by atoms with Gasteiger partial charge in [-0.15, -0.1) is 0 Å². The molecule has 0 fully saturated rings. The van der Waals surface area contributed by atoms with Crippen LogP contribution < -0.4 is 4.74 Å². The number of aromatic nitrogens is 2. The van der Waals surface area contributed by atoms with Gasteiger partial charge >= 0.3 is 0 Å². The van der Waals surface area contributed by atoms with E-state index in [0.717, 1.165) is 48.4 Å². The molecule has 0 spiro atoms. The van der Waals surface area contributed by atoms with Crippen molar-refractivity contribution in [3.63, 3.8) is 0 Å². The summed E-state index contributed by atoms with van der Waals surface area (Å²) in [6, 6.07) is 14.4. The van der Waals surface area contributed by atoms with Crippen molar-refractivity contribution < 1.29 is 13.9 Å². The average molecular weight is 407 g/mol. The Hall–Kier alpha value is -3.15. The number of carbonyl (C=O) groups is 1. The fraction of sp³-hybridized carbons (Fsp3) is 0.333. The van der Waals surface area contributed by atoms with Gasteiger partial charge in [-0.1, -0.05) is 18.2 Å². The summed E-state index contributed by atoms with van der Waals surface area (Å²) in [6.07, 6.45) is 4.98. The molecular formula is C24H26FN3O2. The summed E-state index contributed by atoms with van der Waals surface area (Å²) in [6.45, 7) is 0.670. The number of nitrogens with one attached hydrogen (secondary N) is 1. The molecule has 156 valence electrons. The minimum atomic E-state index is -0.278. The molecule has 30 heavy (non-hydrogen) atoms. The fourth-order valence-electron chi connectivity index (χ4n) is 3.81. The van der Waals surface area contributed by atoms with Gasteiger partial charge in [0.05, 0.1) is 5.69 Å². The van der Waals surface area contributed by atoms with Crippen molar-refractivity contribution >= 4 is 5.91 Å². The van der Waals surface area contributed by atoms with Crippen LogP contribution in [0.4, 0.5) is 4.39 Å². The molecule has 6 heteroatoms. The highest BCUT2D eigenvalue weighted by molar-refractivity contribution is 5.77. The van der Waals surface area contributed by atoms with Crippen LogP contribution in [0.2, 0.25) is 0 Å². The number of rotatable bonds is 8. The molecule has 0 bridgehead atoms. The van der Waals surface area contributed by atoms with Crippen molar-refractivity contribution in [2.45, 2.75) is 32.1 Å². The first-order chi connectivity index (χ1) is 14.6. The molecule has 1 aliphatic rings. The summed E-state index contributed by atoms with van der Waals surface area (Å²) in [5.74, 6) is 0.444. The predicted molar refractivity (Wildman–Crippen MR) is 114 cm³/mol. The lowest BCUT2D eigenvalue weighted by atomic mass is 10.1. The Morgan fingerprint density at radius 2 is 2.03 bits per heavy atom. The fourth-order valence-corrected chi connectivity index (χ4v) is 3.81. The zero-order valence-corrected chi connectivity index (χ0v) is 17.2. The molecule has 1 aliphatic carbocycles. The lowest BCUT2D eigenvalue weighted by Crippen LogP contribution is -2.32. The second-order valence-electron chi connectivity index (χ2n) is 7.78. The number of likely N-dealkylation sites (N-methyl/N-ethyl adjacent to an activating group) is 1. The molecule has 1 heterocycles. The van der Waals surface area contributed by atoms with E-state index in [4.69, 9.17) is 4.74 Å². The first-order valence-corrected chi connectivity index (χ1v) is 10.4. The smallest absolute Gasteiger partial charge is 0.260 e. The monoisotopic (exact) mass is 407 g/mol. The van der Waals surface area contributed by atoms with Gasteiger partial charge in [-0.05, 0) is 73.6 Å². The van der Waals surface area contributed by atoms with E-state index in [-0.39, 0.29) is 18.3 Å². The molecule has 0 radical (unpaired) electrons. The number of aromatic amines is 1. The summed E-state index contributed by atoms with van der Waals surface area (Å²) >= 11 is 0. The number of amides is 1.